The maximum Gasteiger partial charge on any atom is 0.120 e. The molecule has 3 nitrogen and oxygen atoms in total. The van der Waals surface area contributed by atoms with E-state index in [1.165, 1.54) is 6.42 Å². The van der Waals surface area contributed by atoms with Gasteiger partial charge in [0, 0.05) is 25.3 Å². The summed E-state index contributed by atoms with van der Waals surface area (Å²) < 4.78 is 5.50. The van der Waals surface area contributed by atoms with Crippen molar-refractivity contribution < 1.29 is 9.84 Å². The van der Waals surface area contributed by atoms with Gasteiger partial charge in [0.15, 0.2) is 0 Å². The standard InChI is InChI=1S/C12H17NO2/c14-12-6-2-1-4-10(12)8-13-9-11-5-3-7-15-11/h1-2,4,6,11,13-14H,3,5,7-9H2/t11-/m0/s1. The second kappa shape index (κ2) is 5.14. The second-order valence-corrected chi connectivity index (χ2v) is 3.89. The van der Waals surface area contributed by atoms with Crippen LogP contribution in [0.4, 0.5) is 0 Å². The van der Waals surface area contributed by atoms with Crippen molar-refractivity contribution >= 4 is 0 Å². The molecule has 1 aromatic rings. The molecule has 1 fully saturated rings. The van der Waals surface area contributed by atoms with Crippen molar-refractivity contribution in [3.8, 4) is 5.75 Å². The molecule has 0 amide bonds. The molecule has 1 aliphatic rings. The molecule has 0 spiro atoms. The van der Waals surface area contributed by atoms with Crippen LogP contribution < -0.4 is 5.32 Å². The van der Waals surface area contributed by atoms with Crippen molar-refractivity contribution in [3.05, 3.63) is 29.8 Å². The van der Waals surface area contributed by atoms with E-state index in [4.69, 9.17) is 4.74 Å². The van der Waals surface area contributed by atoms with Gasteiger partial charge in [0.1, 0.15) is 5.75 Å². The molecule has 0 saturated carbocycles. The first-order valence-electron chi connectivity index (χ1n) is 5.45. The van der Waals surface area contributed by atoms with Crippen molar-refractivity contribution in [2.75, 3.05) is 13.2 Å². The Labute approximate surface area is 90.1 Å². The number of phenols is 1. The number of aromatic hydroxyl groups is 1. The van der Waals surface area contributed by atoms with Crippen molar-refractivity contribution in [1.29, 1.82) is 0 Å². The minimum absolute atomic E-state index is 0.357. The molecule has 0 unspecified atom stereocenters. The Hall–Kier alpha value is -1.06. The first-order chi connectivity index (χ1) is 7.36. The fourth-order valence-corrected chi connectivity index (χ4v) is 1.83. The zero-order valence-electron chi connectivity index (χ0n) is 8.78. The number of phenolic OH excluding ortho intramolecular Hbond substituents is 1. The second-order valence-electron chi connectivity index (χ2n) is 3.89. The molecule has 2 N–H and O–H groups in total. The SMILES string of the molecule is Oc1ccccc1CNC[C@@H]1CCCO1. The molecular weight excluding hydrogens is 190 g/mol. The molecule has 0 aliphatic carbocycles. The van der Waals surface area contributed by atoms with Gasteiger partial charge in [-0.25, -0.2) is 0 Å². The minimum Gasteiger partial charge on any atom is -0.508 e. The molecule has 0 radical (unpaired) electrons. The van der Waals surface area contributed by atoms with Crippen LogP contribution in [0.1, 0.15) is 18.4 Å². The fraction of sp³-hybridized carbons (Fsp3) is 0.500. The zero-order valence-corrected chi connectivity index (χ0v) is 8.78. The van der Waals surface area contributed by atoms with E-state index in [0.29, 0.717) is 18.4 Å². The number of ether oxygens (including phenoxy) is 1. The zero-order chi connectivity index (χ0) is 10.5. The summed E-state index contributed by atoms with van der Waals surface area (Å²) in [6.07, 6.45) is 2.67. The Morgan fingerprint density at radius 2 is 2.27 bits per heavy atom. The van der Waals surface area contributed by atoms with Crippen molar-refractivity contribution in [2.24, 2.45) is 0 Å². The third kappa shape index (κ3) is 2.94. The number of para-hydroxylation sites is 1. The number of hydrogen-bond acceptors (Lipinski definition) is 3. The maximum atomic E-state index is 9.53. The van der Waals surface area contributed by atoms with Gasteiger partial charge in [0.05, 0.1) is 6.10 Å². The summed E-state index contributed by atoms with van der Waals surface area (Å²) in [6.45, 7) is 2.46. The van der Waals surface area contributed by atoms with Crippen LogP contribution in [-0.2, 0) is 11.3 Å². The quantitative estimate of drug-likeness (QED) is 0.789. The molecule has 15 heavy (non-hydrogen) atoms. The summed E-state index contributed by atoms with van der Waals surface area (Å²) in [5.74, 6) is 0.359. The molecule has 0 aromatic heterocycles. The maximum absolute atomic E-state index is 9.53. The number of hydrogen-bond donors (Lipinski definition) is 2. The molecule has 3 heteroatoms. The Bertz CT molecular complexity index is 308. The number of nitrogens with one attached hydrogen (secondary N) is 1. The van der Waals surface area contributed by atoms with E-state index in [0.717, 1.165) is 25.1 Å². The molecule has 1 heterocycles. The van der Waals surface area contributed by atoms with Gasteiger partial charge in [-0.3, -0.25) is 0 Å². The summed E-state index contributed by atoms with van der Waals surface area (Å²) in [5, 5.41) is 12.8. The first kappa shape index (κ1) is 10.5. The molecule has 82 valence electrons. The Morgan fingerprint density at radius 1 is 1.40 bits per heavy atom. The third-order valence-corrected chi connectivity index (χ3v) is 2.70. The largest absolute Gasteiger partial charge is 0.508 e. The van der Waals surface area contributed by atoms with Crippen LogP contribution in [0.3, 0.4) is 0 Å². The summed E-state index contributed by atoms with van der Waals surface area (Å²) in [7, 11) is 0. The van der Waals surface area contributed by atoms with E-state index in [1.54, 1.807) is 6.07 Å². The van der Waals surface area contributed by atoms with Crippen LogP contribution in [0, 0.1) is 0 Å². The fourth-order valence-electron chi connectivity index (χ4n) is 1.83. The predicted octanol–water partition coefficient (Wildman–Crippen LogP) is 1.66. The van der Waals surface area contributed by atoms with Crippen LogP contribution in [0.5, 0.6) is 5.75 Å². The smallest absolute Gasteiger partial charge is 0.120 e. The van der Waals surface area contributed by atoms with Crippen LogP contribution in [0.25, 0.3) is 0 Å². The van der Waals surface area contributed by atoms with Crippen LogP contribution in [0.2, 0.25) is 0 Å². The monoisotopic (exact) mass is 207 g/mol. The Kier molecular flexibility index (Phi) is 3.59. The van der Waals surface area contributed by atoms with E-state index >= 15 is 0 Å². The van der Waals surface area contributed by atoms with Crippen molar-refractivity contribution in [3.63, 3.8) is 0 Å². The summed E-state index contributed by atoms with van der Waals surface area (Å²) in [4.78, 5) is 0. The summed E-state index contributed by atoms with van der Waals surface area (Å²) in [6, 6.07) is 7.41. The molecule has 1 atom stereocenters. The summed E-state index contributed by atoms with van der Waals surface area (Å²) in [5.41, 5.74) is 0.940. The lowest BCUT2D eigenvalue weighted by Gasteiger charge is -2.11. The first-order valence-corrected chi connectivity index (χ1v) is 5.45. The van der Waals surface area contributed by atoms with Crippen LogP contribution in [0.15, 0.2) is 24.3 Å². The average Bonchev–Trinajstić information content (AvgIpc) is 2.74. The van der Waals surface area contributed by atoms with Crippen molar-refractivity contribution in [2.45, 2.75) is 25.5 Å². The Morgan fingerprint density at radius 3 is 3.00 bits per heavy atom. The van der Waals surface area contributed by atoms with Gasteiger partial charge in [-0.1, -0.05) is 18.2 Å². The van der Waals surface area contributed by atoms with Gasteiger partial charge in [-0.15, -0.1) is 0 Å². The Balaban J connectivity index is 1.75. The number of rotatable bonds is 4. The van der Waals surface area contributed by atoms with Gasteiger partial charge in [0.25, 0.3) is 0 Å². The third-order valence-electron chi connectivity index (χ3n) is 2.70. The van der Waals surface area contributed by atoms with Gasteiger partial charge < -0.3 is 15.2 Å². The molecule has 1 aromatic carbocycles. The van der Waals surface area contributed by atoms with Gasteiger partial charge in [-0.05, 0) is 18.9 Å². The highest BCUT2D eigenvalue weighted by atomic mass is 16.5. The lowest BCUT2D eigenvalue weighted by molar-refractivity contribution is 0.110. The van der Waals surface area contributed by atoms with E-state index in [9.17, 15) is 5.11 Å². The molecule has 1 saturated heterocycles. The van der Waals surface area contributed by atoms with Gasteiger partial charge in [-0.2, -0.15) is 0 Å². The van der Waals surface area contributed by atoms with E-state index in [-0.39, 0.29) is 0 Å². The van der Waals surface area contributed by atoms with Crippen LogP contribution >= 0.6 is 0 Å². The molecular formula is C12H17NO2. The normalized spacial score (nSPS) is 20.7. The predicted molar refractivity (Wildman–Crippen MR) is 58.8 cm³/mol. The lowest BCUT2D eigenvalue weighted by Crippen LogP contribution is -2.25. The lowest BCUT2D eigenvalue weighted by atomic mass is 10.2. The van der Waals surface area contributed by atoms with Gasteiger partial charge >= 0.3 is 0 Å². The topological polar surface area (TPSA) is 41.5 Å². The average molecular weight is 207 g/mol. The summed E-state index contributed by atoms with van der Waals surface area (Å²) >= 11 is 0. The molecule has 2 rings (SSSR count). The van der Waals surface area contributed by atoms with Gasteiger partial charge in [0.2, 0.25) is 0 Å². The molecule has 0 bridgehead atoms. The van der Waals surface area contributed by atoms with Crippen LogP contribution in [-0.4, -0.2) is 24.4 Å². The highest BCUT2D eigenvalue weighted by molar-refractivity contribution is 5.31. The van der Waals surface area contributed by atoms with E-state index in [2.05, 4.69) is 5.32 Å². The van der Waals surface area contributed by atoms with Crippen molar-refractivity contribution in [1.82, 2.24) is 5.32 Å². The number of benzene rings is 1. The van der Waals surface area contributed by atoms with E-state index in [1.807, 2.05) is 18.2 Å². The molecule has 1 aliphatic heterocycles. The van der Waals surface area contributed by atoms with E-state index < -0.39 is 0 Å². The highest BCUT2D eigenvalue weighted by Gasteiger charge is 2.14. The minimum atomic E-state index is 0.357. The highest BCUT2D eigenvalue weighted by Crippen LogP contribution is 2.15.